The second kappa shape index (κ2) is 9.89. The summed E-state index contributed by atoms with van der Waals surface area (Å²) in [6.07, 6.45) is 1.03. The first kappa shape index (κ1) is 18.0. The van der Waals surface area contributed by atoms with Gasteiger partial charge >= 0.3 is 0 Å². The predicted octanol–water partition coefficient (Wildman–Crippen LogP) is 2.38. The van der Waals surface area contributed by atoms with Crippen molar-refractivity contribution in [2.45, 2.75) is 25.9 Å². The van der Waals surface area contributed by atoms with Crippen LogP contribution >= 0.6 is 24.0 Å². The Morgan fingerprint density at radius 2 is 2.16 bits per heavy atom. The highest BCUT2D eigenvalue weighted by molar-refractivity contribution is 6.32. The molecule has 1 amide bonds. The lowest BCUT2D eigenvalue weighted by molar-refractivity contribution is -0.121. The third kappa shape index (κ3) is 6.66. The Balaban J connectivity index is 0.00000324. The van der Waals surface area contributed by atoms with E-state index in [0.29, 0.717) is 30.3 Å². The molecule has 0 aromatic heterocycles. The predicted molar refractivity (Wildman–Crippen MR) is 80.1 cm³/mol. The summed E-state index contributed by atoms with van der Waals surface area (Å²) in [7, 11) is 0. The third-order valence-electron chi connectivity index (χ3n) is 2.48. The van der Waals surface area contributed by atoms with Gasteiger partial charge in [-0.25, -0.2) is 0 Å². The van der Waals surface area contributed by atoms with Gasteiger partial charge in [-0.15, -0.1) is 12.4 Å². The molecule has 6 heteroatoms. The van der Waals surface area contributed by atoms with Crippen LogP contribution < -0.4 is 15.8 Å². The van der Waals surface area contributed by atoms with E-state index in [1.165, 1.54) is 0 Å². The first-order valence-corrected chi connectivity index (χ1v) is 6.43. The molecule has 19 heavy (non-hydrogen) atoms. The maximum atomic E-state index is 11.3. The van der Waals surface area contributed by atoms with Crippen LogP contribution in [0.1, 0.15) is 19.8 Å². The Morgan fingerprint density at radius 3 is 2.74 bits per heavy atom. The van der Waals surface area contributed by atoms with Crippen LogP contribution in [0.15, 0.2) is 24.3 Å². The second-order valence-corrected chi connectivity index (χ2v) is 4.33. The number of amides is 1. The van der Waals surface area contributed by atoms with Crippen molar-refractivity contribution in [3.63, 3.8) is 0 Å². The van der Waals surface area contributed by atoms with E-state index in [9.17, 15) is 4.79 Å². The molecule has 3 N–H and O–H groups in total. The number of benzene rings is 1. The number of ether oxygens (including phenoxy) is 1. The summed E-state index contributed by atoms with van der Waals surface area (Å²) in [6, 6.07) is 7.30. The summed E-state index contributed by atoms with van der Waals surface area (Å²) < 4.78 is 5.75. The highest BCUT2D eigenvalue weighted by Gasteiger charge is 2.11. The molecule has 0 aliphatic rings. The van der Waals surface area contributed by atoms with Crippen LogP contribution in [0.3, 0.4) is 0 Å². The van der Waals surface area contributed by atoms with Crippen LogP contribution in [-0.2, 0) is 4.79 Å². The third-order valence-corrected chi connectivity index (χ3v) is 2.80. The average Bonchev–Trinajstić information content (AvgIpc) is 2.37. The fraction of sp³-hybridized carbons (Fsp3) is 0.462. The van der Waals surface area contributed by atoms with Gasteiger partial charge in [-0.3, -0.25) is 4.79 Å². The van der Waals surface area contributed by atoms with Crippen molar-refractivity contribution in [2.24, 2.45) is 5.73 Å². The van der Waals surface area contributed by atoms with Crippen LogP contribution in [-0.4, -0.2) is 25.1 Å². The quantitative estimate of drug-likeness (QED) is 0.813. The Labute approximate surface area is 125 Å². The number of hydrogen-bond acceptors (Lipinski definition) is 3. The highest BCUT2D eigenvalue weighted by Crippen LogP contribution is 2.24. The Bertz CT molecular complexity index is 389. The number of carbonyl (C=O) groups is 1. The van der Waals surface area contributed by atoms with Gasteiger partial charge in [0.2, 0.25) is 5.91 Å². The molecule has 4 nitrogen and oxygen atoms in total. The van der Waals surface area contributed by atoms with E-state index in [2.05, 4.69) is 5.32 Å². The fourth-order valence-electron chi connectivity index (χ4n) is 1.44. The lowest BCUT2D eigenvalue weighted by atomic mass is 10.2. The van der Waals surface area contributed by atoms with Gasteiger partial charge in [-0.1, -0.05) is 30.7 Å². The molecular weight excluding hydrogens is 287 g/mol. The molecule has 0 spiro atoms. The number of para-hydroxylation sites is 1. The van der Waals surface area contributed by atoms with Crippen LogP contribution in [0.4, 0.5) is 0 Å². The van der Waals surface area contributed by atoms with Crippen LogP contribution in [0.5, 0.6) is 5.75 Å². The monoisotopic (exact) mass is 306 g/mol. The first-order valence-electron chi connectivity index (χ1n) is 6.05. The number of nitrogens with one attached hydrogen (secondary N) is 1. The Morgan fingerprint density at radius 1 is 1.47 bits per heavy atom. The minimum absolute atomic E-state index is 0. The lowest BCUT2D eigenvalue weighted by Gasteiger charge is -2.18. The minimum atomic E-state index is -0.0911. The number of rotatable bonds is 7. The van der Waals surface area contributed by atoms with Gasteiger partial charge < -0.3 is 15.8 Å². The summed E-state index contributed by atoms with van der Waals surface area (Å²) in [5.74, 6) is 0.581. The van der Waals surface area contributed by atoms with Crippen molar-refractivity contribution >= 4 is 29.9 Å². The molecule has 1 unspecified atom stereocenters. The van der Waals surface area contributed by atoms with Gasteiger partial charge in [0.1, 0.15) is 11.9 Å². The van der Waals surface area contributed by atoms with E-state index in [1.807, 2.05) is 25.1 Å². The van der Waals surface area contributed by atoms with E-state index in [0.717, 1.165) is 6.42 Å². The van der Waals surface area contributed by atoms with Gasteiger partial charge in [0, 0.05) is 13.0 Å². The summed E-state index contributed by atoms with van der Waals surface area (Å²) in [5, 5.41) is 3.36. The number of hydrogen-bond donors (Lipinski definition) is 2. The number of carbonyl (C=O) groups excluding carboxylic acids is 1. The molecule has 1 aromatic carbocycles. The molecule has 0 fully saturated rings. The van der Waals surface area contributed by atoms with Crippen molar-refractivity contribution in [1.29, 1.82) is 0 Å². The molecule has 0 heterocycles. The largest absolute Gasteiger partial charge is 0.487 e. The molecule has 1 rings (SSSR count). The Hall–Kier alpha value is -0.970. The van der Waals surface area contributed by atoms with Gasteiger partial charge in [-0.2, -0.15) is 0 Å². The van der Waals surface area contributed by atoms with Gasteiger partial charge in [0.25, 0.3) is 0 Å². The summed E-state index contributed by atoms with van der Waals surface area (Å²) in [6.45, 7) is 2.81. The minimum Gasteiger partial charge on any atom is -0.487 e. The van der Waals surface area contributed by atoms with E-state index < -0.39 is 0 Å². The van der Waals surface area contributed by atoms with Gasteiger partial charge in [-0.05, 0) is 18.6 Å². The summed E-state index contributed by atoms with van der Waals surface area (Å²) in [4.78, 5) is 11.3. The smallest absolute Gasteiger partial charge is 0.221 e. The van der Waals surface area contributed by atoms with Crippen molar-refractivity contribution in [3.05, 3.63) is 29.3 Å². The molecule has 108 valence electrons. The summed E-state index contributed by atoms with van der Waals surface area (Å²) >= 11 is 6.01. The van der Waals surface area contributed by atoms with Crippen LogP contribution in [0.2, 0.25) is 5.02 Å². The van der Waals surface area contributed by atoms with Crippen molar-refractivity contribution in [2.75, 3.05) is 13.1 Å². The molecular formula is C13H20Cl2N2O2. The fourth-order valence-corrected chi connectivity index (χ4v) is 1.62. The molecule has 0 saturated carbocycles. The van der Waals surface area contributed by atoms with Gasteiger partial charge in [0.15, 0.2) is 0 Å². The second-order valence-electron chi connectivity index (χ2n) is 3.92. The van der Waals surface area contributed by atoms with Crippen LogP contribution in [0.25, 0.3) is 0 Å². The highest BCUT2D eigenvalue weighted by atomic mass is 35.5. The molecule has 1 atom stereocenters. The standard InChI is InChI=1S/C13H19ClN2O2.ClH/c1-2-10(9-16-13(17)7-8-15)18-12-6-4-3-5-11(12)14;/h3-6,10H,2,7-9,15H2,1H3,(H,16,17);1H. The normalized spacial score (nSPS) is 11.3. The Kier molecular flexibility index (Phi) is 9.39. The summed E-state index contributed by atoms with van der Waals surface area (Å²) in [5.41, 5.74) is 5.30. The molecule has 0 aliphatic heterocycles. The zero-order valence-corrected chi connectivity index (χ0v) is 12.5. The van der Waals surface area contributed by atoms with E-state index >= 15 is 0 Å². The van der Waals surface area contributed by atoms with Crippen molar-refractivity contribution < 1.29 is 9.53 Å². The van der Waals surface area contributed by atoms with E-state index in [4.69, 9.17) is 22.1 Å². The maximum absolute atomic E-state index is 11.3. The zero-order valence-electron chi connectivity index (χ0n) is 10.9. The van der Waals surface area contributed by atoms with E-state index in [-0.39, 0.29) is 24.4 Å². The number of halogens is 2. The molecule has 0 radical (unpaired) electrons. The first-order chi connectivity index (χ1) is 8.67. The lowest BCUT2D eigenvalue weighted by Crippen LogP contribution is -2.35. The van der Waals surface area contributed by atoms with Crippen molar-refractivity contribution in [3.8, 4) is 5.75 Å². The molecule has 0 aliphatic carbocycles. The van der Waals surface area contributed by atoms with Gasteiger partial charge in [0.05, 0.1) is 11.6 Å². The van der Waals surface area contributed by atoms with Crippen molar-refractivity contribution in [1.82, 2.24) is 5.32 Å². The molecule has 0 saturated heterocycles. The zero-order chi connectivity index (χ0) is 13.4. The van der Waals surface area contributed by atoms with Crippen LogP contribution in [0, 0.1) is 0 Å². The topological polar surface area (TPSA) is 64.4 Å². The maximum Gasteiger partial charge on any atom is 0.221 e. The SMILES string of the molecule is CCC(CNC(=O)CCN)Oc1ccccc1Cl.Cl. The number of nitrogens with two attached hydrogens (primary N) is 1. The van der Waals surface area contributed by atoms with E-state index in [1.54, 1.807) is 6.07 Å². The molecule has 1 aromatic rings. The molecule has 0 bridgehead atoms. The average molecular weight is 307 g/mol.